The Morgan fingerprint density at radius 2 is 1.88 bits per heavy atom. The number of furan rings is 1. The van der Waals surface area contributed by atoms with E-state index in [1.807, 2.05) is 69.3 Å². The van der Waals surface area contributed by atoms with Crippen LogP contribution in [0.25, 0.3) is 33.6 Å². The SMILES string of the molecule is CCOc1ccc(/C=c2/sc3nc(-c4oc5ccccc5c4C)nn3c2=O)cc1OCC. The molecular weight excluding hydrogens is 426 g/mol. The van der Waals surface area contributed by atoms with Crippen LogP contribution in [-0.4, -0.2) is 27.8 Å². The van der Waals surface area contributed by atoms with Crippen molar-refractivity contribution < 1.29 is 13.9 Å². The van der Waals surface area contributed by atoms with Crippen LogP contribution < -0.4 is 19.6 Å². The van der Waals surface area contributed by atoms with Gasteiger partial charge in [-0.15, -0.1) is 5.10 Å². The number of aromatic nitrogens is 3. The quantitative estimate of drug-likeness (QED) is 0.388. The van der Waals surface area contributed by atoms with Gasteiger partial charge in [0.25, 0.3) is 5.56 Å². The van der Waals surface area contributed by atoms with E-state index in [9.17, 15) is 4.79 Å². The monoisotopic (exact) mass is 447 g/mol. The molecule has 0 atom stereocenters. The van der Waals surface area contributed by atoms with Gasteiger partial charge in [0.1, 0.15) is 5.58 Å². The molecule has 3 heterocycles. The Kier molecular flexibility index (Phi) is 5.14. The molecule has 0 spiro atoms. The average molecular weight is 448 g/mol. The number of nitrogens with zero attached hydrogens (tertiary/aromatic N) is 3. The number of hydrogen-bond acceptors (Lipinski definition) is 7. The van der Waals surface area contributed by atoms with E-state index in [2.05, 4.69) is 10.1 Å². The van der Waals surface area contributed by atoms with Gasteiger partial charge in [-0.2, -0.15) is 9.50 Å². The summed E-state index contributed by atoms with van der Waals surface area (Å²) in [6.07, 6.45) is 1.81. The molecule has 0 unspecified atom stereocenters. The van der Waals surface area contributed by atoms with Crippen molar-refractivity contribution in [2.75, 3.05) is 13.2 Å². The number of fused-ring (bicyclic) bond motifs is 2. The normalized spacial score (nSPS) is 12.2. The van der Waals surface area contributed by atoms with Crippen molar-refractivity contribution in [2.45, 2.75) is 20.8 Å². The lowest BCUT2D eigenvalue weighted by Crippen LogP contribution is -2.23. The van der Waals surface area contributed by atoms with Crippen molar-refractivity contribution in [2.24, 2.45) is 0 Å². The van der Waals surface area contributed by atoms with E-state index in [0.29, 0.717) is 45.8 Å². The minimum absolute atomic E-state index is 0.218. The molecule has 5 aromatic rings. The second-order valence-electron chi connectivity index (χ2n) is 7.17. The second-order valence-corrected chi connectivity index (χ2v) is 8.18. The fourth-order valence-electron chi connectivity index (χ4n) is 3.63. The van der Waals surface area contributed by atoms with Gasteiger partial charge in [-0.25, -0.2) is 0 Å². The average Bonchev–Trinajstić information content (AvgIpc) is 3.44. The van der Waals surface area contributed by atoms with Gasteiger partial charge in [0.2, 0.25) is 10.8 Å². The standard InChI is InChI=1S/C24H21N3O4S/c1-4-29-18-11-10-15(12-19(18)30-5-2)13-20-23(28)27-24(32-20)25-22(26-27)21-14(3)16-8-6-7-9-17(16)31-21/h6-13H,4-5H2,1-3H3/b20-13+. The van der Waals surface area contributed by atoms with E-state index in [-0.39, 0.29) is 5.56 Å². The Bertz CT molecular complexity index is 1550. The van der Waals surface area contributed by atoms with Gasteiger partial charge >= 0.3 is 0 Å². The zero-order valence-corrected chi connectivity index (χ0v) is 18.7. The van der Waals surface area contributed by atoms with Gasteiger partial charge in [-0.3, -0.25) is 4.79 Å². The van der Waals surface area contributed by atoms with Crippen LogP contribution in [0.1, 0.15) is 25.0 Å². The van der Waals surface area contributed by atoms with Gasteiger partial charge in [0, 0.05) is 10.9 Å². The molecule has 8 heteroatoms. The van der Waals surface area contributed by atoms with Gasteiger partial charge in [-0.05, 0) is 50.6 Å². The molecule has 0 aliphatic heterocycles. The highest BCUT2D eigenvalue weighted by Gasteiger charge is 2.19. The molecule has 0 aliphatic rings. The summed E-state index contributed by atoms with van der Waals surface area (Å²) in [5.41, 5.74) is 2.35. The Labute approximate surface area is 187 Å². The Morgan fingerprint density at radius 1 is 1.09 bits per heavy atom. The number of rotatable bonds is 6. The Hall–Kier alpha value is -3.65. The minimum Gasteiger partial charge on any atom is -0.490 e. The molecular formula is C24H21N3O4S. The number of ether oxygens (including phenoxy) is 2. The molecule has 3 aromatic heterocycles. The smallest absolute Gasteiger partial charge is 0.291 e. The van der Waals surface area contributed by atoms with E-state index in [4.69, 9.17) is 13.9 Å². The van der Waals surface area contributed by atoms with E-state index >= 15 is 0 Å². The van der Waals surface area contributed by atoms with Gasteiger partial charge in [-0.1, -0.05) is 35.6 Å². The molecule has 0 saturated carbocycles. The zero-order chi connectivity index (χ0) is 22.2. The summed E-state index contributed by atoms with van der Waals surface area (Å²) in [7, 11) is 0. The molecule has 5 rings (SSSR count). The molecule has 0 amide bonds. The molecule has 0 aliphatic carbocycles. The number of aryl methyl sites for hydroxylation is 1. The zero-order valence-electron chi connectivity index (χ0n) is 17.9. The third kappa shape index (κ3) is 3.42. The lowest BCUT2D eigenvalue weighted by atomic mass is 10.1. The number of hydrogen-bond donors (Lipinski definition) is 0. The van der Waals surface area contributed by atoms with Crippen molar-refractivity contribution in [1.29, 1.82) is 0 Å². The summed E-state index contributed by atoms with van der Waals surface area (Å²) >= 11 is 1.29. The van der Waals surface area contributed by atoms with Crippen molar-refractivity contribution in [3.63, 3.8) is 0 Å². The number of para-hydroxylation sites is 1. The van der Waals surface area contributed by atoms with Gasteiger partial charge in [0.15, 0.2) is 17.3 Å². The van der Waals surface area contributed by atoms with Crippen LogP contribution in [0.2, 0.25) is 0 Å². The van der Waals surface area contributed by atoms with Crippen molar-refractivity contribution in [3.8, 4) is 23.1 Å². The molecule has 0 N–H and O–H groups in total. The maximum atomic E-state index is 13.0. The highest BCUT2D eigenvalue weighted by Crippen LogP contribution is 2.31. The van der Waals surface area contributed by atoms with E-state index in [0.717, 1.165) is 22.1 Å². The van der Waals surface area contributed by atoms with Crippen molar-refractivity contribution in [1.82, 2.24) is 14.6 Å². The van der Waals surface area contributed by atoms with Crippen LogP contribution in [0.3, 0.4) is 0 Å². The van der Waals surface area contributed by atoms with Crippen LogP contribution in [0.4, 0.5) is 0 Å². The Balaban J connectivity index is 1.56. The first-order valence-electron chi connectivity index (χ1n) is 10.4. The van der Waals surface area contributed by atoms with Gasteiger partial charge in [0.05, 0.1) is 17.7 Å². The molecule has 0 bridgehead atoms. The molecule has 162 valence electrons. The van der Waals surface area contributed by atoms with Gasteiger partial charge < -0.3 is 13.9 Å². The first-order chi connectivity index (χ1) is 15.6. The molecule has 0 saturated heterocycles. The minimum atomic E-state index is -0.218. The van der Waals surface area contributed by atoms with E-state index in [1.54, 1.807) is 0 Å². The van der Waals surface area contributed by atoms with Crippen LogP contribution in [0.5, 0.6) is 11.5 Å². The number of thiazole rings is 1. The summed E-state index contributed by atoms with van der Waals surface area (Å²) in [4.78, 5) is 18.0. The highest BCUT2D eigenvalue weighted by atomic mass is 32.1. The van der Waals surface area contributed by atoms with E-state index in [1.165, 1.54) is 15.9 Å². The molecule has 2 aromatic carbocycles. The fourth-order valence-corrected chi connectivity index (χ4v) is 4.53. The fraction of sp³-hybridized carbons (Fsp3) is 0.208. The van der Waals surface area contributed by atoms with Crippen LogP contribution in [0.15, 0.2) is 51.7 Å². The van der Waals surface area contributed by atoms with Crippen LogP contribution in [0, 0.1) is 6.92 Å². The Morgan fingerprint density at radius 3 is 2.62 bits per heavy atom. The largest absolute Gasteiger partial charge is 0.490 e. The molecule has 0 radical (unpaired) electrons. The first-order valence-corrected chi connectivity index (χ1v) is 11.2. The summed E-state index contributed by atoms with van der Waals surface area (Å²) in [5, 5.41) is 5.44. The summed E-state index contributed by atoms with van der Waals surface area (Å²) < 4.78 is 19.1. The van der Waals surface area contributed by atoms with Crippen molar-refractivity contribution >= 4 is 33.3 Å². The topological polar surface area (TPSA) is 78.9 Å². The predicted octanol–water partition coefficient (Wildman–Crippen LogP) is 4.22. The van der Waals surface area contributed by atoms with E-state index < -0.39 is 0 Å². The summed E-state index contributed by atoms with van der Waals surface area (Å²) in [5.74, 6) is 2.33. The lowest BCUT2D eigenvalue weighted by Gasteiger charge is -2.11. The third-order valence-electron chi connectivity index (χ3n) is 5.09. The van der Waals surface area contributed by atoms with Crippen molar-refractivity contribution in [3.05, 3.63) is 68.5 Å². The van der Waals surface area contributed by atoms with Crippen LogP contribution in [-0.2, 0) is 0 Å². The maximum absolute atomic E-state index is 13.0. The molecule has 0 fully saturated rings. The second kappa shape index (κ2) is 8.12. The molecule has 7 nitrogen and oxygen atoms in total. The maximum Gasteiger partial charge on any atom is 0.291 e. The summed E-state index contributed by atoms with van der Waals surface area (Å²) in [6, 6.07) is 13.4. The first kappa shape index (κ1) is 20.3. The highest BCUT2D eigenvalue weighted by molar-refractivity contribution is 7.15. The summed E-state index contributed by atoms with van der Waals surface area (Å²) in [6.45, 7) is 6.89. The third-order valence-corrected chi connectivity index (χ3v) is 6.05. The predicted molar refractivity (Wildman–Crippen MR) is 125 cm³/mol. The lowest BCUT2D eigenvalue weighted by molar-refractivity contribution is 0.287. The van der Waals surface area contributed by atoms with Crippen LogP contribution >= 0.6 is 11.3 Å². The number of benzene rings is 2. The molecule has 32 heavy (non-hydrogen) atoms.